The van der Waals surface area contributed by atoms with E-state index in [-0.39, 0.29) is 49.6 Å². The van der Waals surface area contributed by atoms with Gasteiger partial charge in [-0.3, -0.25) is 19.3 Å². The number of rotatable bonds is 6. The van der Waals surface area contributed by atoms with E-state index in [0.29, 0.717) is 5.92 Å². The van der Waals surface area contributed by atoms with E-state index in [0.717, 1.165) is 18.4 Å². The summed E-state index contributed by atoms with van der Waals surface area (Å²) in [6.45, 7) is 0.190. The lowest BCUT2D eigenvalue weighted by Crippen LogP contribution is -2.35. The number of carbonyl (C=O) groups is 3. The van der Waals surface area contributed by atoms with E-state index >= 15 is 0 Å². The summed E-state index contributed by atoms with van der Waals surface area (Å²) in [5.74, 6) is 0.0638. The van der Waals surface area contributed by atoms with E-state index in [1.165, 1.54) is 4.90 Å². The molecular weight excluding hydrogens is 280 g/mol. The van der Waals surface area contributed by atoms with Crippen LogP contribution in [0, 0.1) is 5.92 Å². The number of hydrogen-bond donors (Lipinski definition) is 1. The van der Waals surface area contributed by atoms with Crippen LogP contribution in [-0.4, -0.2) is 29.2 Å². The number of imide groups is 1. The third kappa shape index (κ3) is 3.35. The van der Waals surface area contributed by atoms with Crippen LogP contribution in [0.3, 0.4) is 0 Å². The average molecular weight is 300 g/mol. The molecule has 1 aromatic rings. The van der Waals surface area contributed by atoms with Gasteiger partial charge in [0.1, 0.15) is 0 Å². The third-order valence-corrected chi connectivity index (χ3v) is 4.29. The van der Waals surface area contributed by atoms with Crippen LogP contribution >= 0.6 is 0 Å². The molecule has 0 bridgehead atoms. The maximum absolute atomic E-state index is 12.2. The zero-order valence-corrected chi connectivity index (χ0v) is 12.5. The van der Waals surface area contributed by atoms with Crippen LogP contribution in [0.1, 0.15) is 43.7 Å². The summed E-state index contributed by atoms with van der Waals surface area (Å²) in [5.41, 5.74) is 1.12. The highest BCUT2D eigenvalue weighted by Gasteiger charge is 2.34. The first-order chi connectivity index (χ1) is 10.6. The van der Waals surface area contributed by atoms with Gasteiger partial charge < -0.3 is 5.32 Å². The Hall–Kier alpha value is -2.17. The van der Waals surface area contributed by atoms with Crippen LogP contribution in [0.15, 0.2) is 30.3 Å². The van der Waals surface area contributed by atoms with Gasteiger partial charge in [-0.1, -0.05) is 30.3 Å². The Morgan fingerprint density at radius 1 is 1.14 bits per heavy atom. The fraction of sp³-hybridized carbons (Fsp3) is 0.471. The van der Waals surface area contributed by atoms with E-state index in [2.05, 4.69) is 5.32 Å². The lowest BCUT2D eigenvalue weighted by atomic mass is 10.0. The van der Waals surface area contributed by atoms with Gasteiger partial charge in [-0.15, -0.1) is 0 Å². The second-order valence-corrected chi connectivity index (χ2v) is 5.98. The van der Waals surface area contributed by atoms with E-state index < -0.39 is 0 Å². The van der Waals surface area contributed by atoms with Gasteiger partial charge in [-0.2, -0.15) is 0 Å². The molecule has 3 amide bonds. The standard InChI is InChI=1S/C17H20N2O3/c20-14(10-11-19-15(21)8-9-16(19)22)18-17(13-6-7-13)12-4-2-1-3-5-12/h1-5,13,17H,6-11H2,(H,18,20). The van der Waals surface area contributed by atoms with Gasteiger partial charge in [0.15, 0.2) is 0 Å². The van der Waals surface area contributed by atoms with Crippen molar-refractivity contribution < 1.29 is 14.4 Å². The fourth-order valence-corrected chi connectivity index (χ4v) is 2.89. The highest BCUT2D eigenvalue weighted by molar-refractivity contribution is 6.02. The molecular formula is C17H20N2O3. The molecule has 2 fully saturated rings. The normalized spacial score (nSPS) is 19.4. The number of likely N-dealkylation sites (tertiary alicyclic amines) is 1. The summed E-state index contributed by atoms with van der Waals surface area (Å²) in [5, 5.41) is 3.06. The van der Waals surface area contributed by atoms with Crippen LogP contribution in [-0.2, 0) is 14.4 Å². The Kier molecular flexibility index (Phi) is 4.22. The average Bonchev–Trinajstić information content (AvgIpc) is 3.31. The Balaban J connectivity index is 1.56. The smallest absolute Gasteiger partial charge is 0.229 e. The van der Waals surface area contributed by atoms with Crippen molar-refractivity contribution in [2.24, 2.45) is 5.92 Å². The molecule has 1 aliphatic heterocycles. The number of benzene rings is 1. The summed E-state index contributed by atoms with van der Waals surface area (Å²) >= 11 is 0. The van der Waals surface area contributed by atoms with Crippen molar-refractivity contribution in [3.8, 4) is 0 Å². The molecule has 2 aliphatic rings. The van der Waals surface area contributed by atoms with Gasteiger partial charge in [-0.25, -0.2) is 0 Å². The number of nitrogens with one attached hydrogen (secondary N) is 1. The molecule has 1 aliphatic carbocycles. The van der Waals surface area contributed by atoms with Crippen molar-refractivity contribution >= 4 is 17.7 Å². The first-order valence-corrected chi connectivity index (χ1v) is 7.82. The largest absolute Gasteiger partial charge is 0.349 e. The van der Waals surface area contributed by atoms with Crippen LogP contribution < -0.4 is 5.32 Å². The van der Waals surface area contributed by atoms with Gasteiger partial charge in [0.25, 0.3) is 0 Å². The zero-order valence-electron chi connectivity index (χ0n) is 12.5. The molecule has 1 aromatic carbocycles. The highest BCUT2D eigenvalue weighted by atomic mass is 16.2. The minimum Gasteiger partial charge on any atom is -0.349 e. The Morgan fingerprint density at radius 3 is 2.36 bits per heavy atom. The molecule has 3 rings (SSSR count). The van der Waals surface area contributed by atoms with E-state index in [1.54, 1.807) is 0 Å². The minimum atomic E-state index is -0.167. The molecule has 1 unspecified atom stereocenters. The Labute approximate surface area is 129 Å². The molecule has 1 heterocycles. The number of carbonyl (C=O) groups excluding carboxylic acids is 3. The van der Waals surface area contributed by atoms with Crippen LogP contribution in [0.4, 0.5) is 0 Å². The zero-order chi connectivity index (χ0) is 15.5. The molecule has 5 nitrogen and oxygen atoms in total. The molecule has 0 aromatic heterocycles. The van der Waals surface area contributed by atoms with Crippen molar-refractivity contribution in [3.05, 3.63) is 35.9 Å². The predicted octanol–water partition coefficient (Wildman–Crippen LogP) is 1.79. The molecule has 0 radical (unpaired) electrons. The van der Waals surface area contributed by atoms with Gasteiger partial charge in [0, 0.05) is 25.8 Å². The second kappa shape index (κ2) is 6.30. The van der Waals surface area contributed by atoms with Gasteiger partial charge in [0.2, 0.25) is 17.7 Å². The number of amides is 3. The van der Waals surface area contributed by atoms with Crippen molar-refractivity contribution in [1.29, 1.82) is 0 Å². The van der Waals surface area contributed by atoms with Gasteiger partial charge >= 0.3 is 0 Å². The van der Waals surface area contributed by atoms with E-state index in [4.69, 9.17) is 0 Å². The monoisotopic (exact) mass is 300 g/mol. The van der Waals surface area contributed by atoms with Gasteiger partial charge in [-0.05, 0) is 24.3 Å². The Bertz CT molecular complexity index is 565. The minimum absolute atomic E-state index is 0.0404. The third-order valence-electron chi connectivity index (χ3n) is 4.29. The first-order valence-electron chi connectivity index (χ1n) is 7.82. The Morgan fingerprint density at radius 2 is 1.77 bits per heavy atom. The van der Waals surface area contributed by atoms with Crippen LogP contribution in [0.25, 0.3) is 0 Å². The molecule has 1 atom stereocenters. The number of nitrogens with zero attached hydrogens (tertiary/aromatic N) is 1. The van der Waals surface area contributed by atoms with Crippen LogP contribution in [0.2, 0.25) is 0 Å². The molecule has 5 heteroatoms. The predicted molar refractivity (Wildman–Crippen MR) is 80.6 cm³/mol. The van der Waals surface area contributed by atoms with E-state index in [1.807, 2.05) is 30.3 Å². The summed E-state index contributed by atoms with van der Waals surface area (Å²) in [6.07, 6.45) is 2.98. The molecule has 1 N–H and O–H groups in total. The summed E-state index contributed by atoms with van der Waals surface area (Å²) in [4.78, 5) is 36.4. The topological polar surface area (TPSA) is 66.5 Å². The van der Waals surface area contributed by atoms with Crippen molar-refractivity contribution in [1.82, 2.24) is 10.2 Å². The SMILES string of the molecule is O=C(CCN1C(=O)CCC1=O)NC(c1ccccc1)C1CC1. The lowest BCUT2D eigenvalue weighted by molar-refractivity contribution is -0.138. The quantitative estimate of drug-likeness (QED) is 0.815. The maximum Gasteiger partial charge on any atom is 0.229 e. The van der Waals surface area contributed by atoms with Crippen molar-refractivity contribution in [2.45, 2.75) is 38.1 Å². The summed E-state index contributed by atoms with van der Waals surface area (Å²) < 4.78 is 0. The van der Waals surface area contributed by atoms with Crippen molar-refractivity contribution in [3.63, 3.8) is 0 Å². The van der Waals surface area contributed by atoms with Crippen molar-refractivity contribution in [2.75, 3.05) is 6.54 Å². The molecule has 1 saturated carbocycles. The maximum atomic E-state index is 12.2. The van der Waals surface area contributed by atoms with E-state index in [9.17, 15) is 14.4 Å². The fourth-order valence-electron chi connectivity index (χ4n) is 2.89. The first kappa shape index (κ1) is 14.8. The molecule has 116 valence electrons. The second-order valence-electron chi connectivity index (χ2n) is 5.98. The highest BCUT2D eigenvalue weighted by Crippen LogP contribution is 2.40. The molecule has 22 heavy (non-hydrogen) atoms. The molecule has 0 spiro atoms. The van der Waals surface area contributed by atoms with Crippen LogP contribution in [0.5, 0.6) is 0 Å². The lowest BCUT2D eigenvalue weighted by Gasteiger charge is -2.20. The molecule has 1 saturated heterocycles. The number of hydrogen-bond acceptors (Lipinski definition) is 3. The summed E-state index contributed by atoms with van der Waals surface area (Å²) in [7, 11) is 0. The van der Waals surface area contributed by atoms with Gasteiger partial charge in [0.05, 0.1) is 6.04 Å². The summed E-state index contributed by atoms with van der Waals surface area (Å²) in [6, 6.07) is 9.99.